The van der Waals surface area contributed by atoms with Crippen molar-refractivity contribution in [1.82, 2.24) is 15.0 Å². The third-order valence-electron chi connectivity index (χ3n) is 6.17. The van der Waals surface area contributed by atoms with E-state index in [4.69, 9.17) is 11.6 Å². The summed E-state index contributed by atoms with van der Waals surface area (Å²) in [7, 11) is 1.86. The molecule has 146 valence electrons. The van der Waals surface area contributed by atoms with Crippen molar-refractivity contribution >= 4 is 28.6 Å². The lowest BCUT2D eigenvalue weighted by Gasteiger charge is -2.33. The quantitative estimate of drug-likeness (QED) is 0.645. The Kier molecular flexibility index (Phi) is 4.46. The van der Waals surface area contributed by atoms with Crippen molar-refractivity contribution in [2.45, 2.75) is 44.9 Å². The molecule has 6 heteroatoms. The smallest absolute Gasteiger partial charge is 0.310 e. The van der Waals surface area contributed by atoms with E-state index in [9.17, 15) is 9.90 Å². The molecule has 0 fully saturated rings. The van der Waals surface area contributed by atoms with Gasteiger partial charge in [0.05, 0.1) is 16.3 Å². The van der Waals surface area contributed by atoms with Crippen molar-refractivity contribution in [3.8, 4) is 0 Å². The average molecular weight is 398 g/mol. The number of aliphatic carboxylic acids is 1. The maximum absolute atomic E-state index is 12.2. The van der Waals surface area contributed by atoms with E-state index >= 15 is 0 Å². The predicted molar refractivity (Wildman–Crippen MR) is 110 cm³/mol. The lowest BCUT2D eigenvalue weighted by atomic mass is 9.70. The molecule has 0 amide bonds. The largest absolute Gasteiger partial charge is 0.481 e. The molecule has 5 nitrogen and oxygen atoms in total. The topological polar surface area (TPSA) is 68.0 Å². The van der Waals surface area contributed by atoms with E-state index in [1.54, 1.807) is 18.5 Å². The predicted octanol–water partition coefficient (Wildman–Crippen LogP) is 4.75. The summed E-state index contributed by atoms with van der Waals surface area (Å²) in [5, 5.41) is 18.4. The Labute approximate surface area is 169 Å². The summed E-state index contributed by atoms with van der Waals surface area (Å²) in [6.45, 7) is 5.56. The molecule has 0 saturated carbocycles. The first-order valence-corrected chi connectivity index (χ1v) is 9.94. The van der Waals surface area contributed by atoms with Gasteiger partial charge in [0.25, 0.3) is 0 Å². The lowest BCUT2D eigenvalue weighted by Crippen LogP contribution is -2.32. The second-order valence-electron chi connectivity index (χ2n) is 8.28. The Morgan fingerprint density at radius 1 is 1.32 bits per heavy atom. The molecule has 0 spiro atoms. The first kappa shape index (κ1) is 18.9. The van der Waals surface area contributed by atoms with Crippen LogP contribution in [0.3, 0.4) is 0 Å². The van der Waals surface area contributed by atoms with Gasteiger partial charge in [-0.25, -0.2) is 4.68 Å². The maximum atomic E-state index is 12.2. The molecule has 1 aromatic heterocycles. The van der Waals surface area contributed by atoms with Crippen molar-refractivity contribution in [3.05, 3.63) is 58.1 Å². The number of hydrogen-bond donors (Lipinski definition) is 1. The molecular weight excluding hydrogens is 374 g/mol. The zero-order valence-corrected chi connectivity index (χ0v) is 17.3. The summed E-state index contributed by atoms with van der Waals surface area (Å²) in [6, 6.07) is 10.3. The number of aromatic nitrogens is 3. The minimum absolute atomic E-state index is 0.00731. The molecule has 1 aliphatic carbocycles. The van der Waals surface area contributed by atoms with E-state index in [2.05, 4.69) is 28.5 Å². The first-order chi connectivity index (χ1) is 13.2. The number of benzene rings is 2. The fourth-order valence-corrected chi connectivity index (χ4v) is 4.73. The van der Waals surface area contributed by atoms with Gasteiger partial charge in [-0.2, -0.15) is 0 Å². The van der Waals surface area contributed by atoms with Gasteiger partial charge < -0.3 is 5.11 Å². The van der Waals surface area contributed by atoms with Gasteiger partial charge in [0.1, 0.15) is 5.52 Å². The SMILES string of the molecule is Cc1c(C(c2ccc3c(c2)C(Cl)CC3)C(C)(C)C(=O)O)ccc2c1nnn2C. The molecule has 3 aromatic rings. The second kappa shape index (κ2) is 6.59. The van der Waals surface area contributed by atoms with E-state index in [1.165, 1.54) is 5.56 Å². The molecule has 2 aromatic carbocycles. The Balaban J connectivity index is 1.94. The number of rotatable bonds is 4. The maximum Gasteiger partial charge on any atom is 0.310 e. The highest BCUT2D eigenvalue weighted by molar-refractivity contribution is 6.21. The minimum atomic E-state index is -1.00. The summed E-state index contributed by atoms with van der Waals surface area (Å²) >= 11 is 6.52. The van der Waals surface area contributed by atoms with Crippen molar-refractivity contribution in [2.24, 2.45) is 12.5 Å². The van der Waals surface area contributed by atoms with Gasteiger partial charge in [-0.15, -0.1) is 16.7 Å². The number of aryl methyl sites for hydroxylation is 3. The van der Waals surface area contributed by atoms with Crippen LogP contribution in [0.1, 0.15) is 59.4 Å². The van der Waals surface area contributed by atoms with Gasteiger partial charge in [-0.1, -0.05) is 29.5 Å². The third-order valence-corrected chi connectivity index (χ3v) is 6.62. The molecule has 4 rings (SSSR count). The van der Waals surface area contributed by atoms with Crippen molar-refractivity contribution in [1.29, 1.82) is 0 Å². The summed E-state index contributed by atoms with van der Waals surface area (Å²) in [5.74, 6) is -1.16. The molecule has 0 bridgehead atoms. The summed E-state index contributed by atoms with van der Waals surface area (Å²) < 4.78 is 1.73. The van der Waals surface area contributed by atoms with Crippen LogP contribution >= 0.6 is 11.6 Å². The Morgan fingerprint density at radius 3 is 2.79 bits per heavy atom. The monoisotopic (exact) mass is 397 g/mol. The van der Waals surface area contributed by atoms with E-state index in [1.807, 2.05) is 26.1 Å². The zero-order valence-electron chi connectivity index (χ0n) is 16.5. The Morgan fingerprint density at radius 2 is 2.07 bits per heavy atom. The number of fused-ring (bicyclic) bond motifs is 2. The summed E-state index contributed by atoms with van der Waals surface area (Å²) in [6.07, 6.45) is 1.90. The van der Waals surface area contributed by atoms with Crippen LogP contribution in [0.15, 0.2) is 30.3 Å². The molecule has 2 atom stereocenters. The van der Waals surface area contributed by atoms with Gasteiger partial charge in [0, 0.05) is 13.0 Å². The Hall–Kier alpha value is -2.40. The number of alkyl halides is 1. The molecule has 2 unspecified atom stereocenters. The summed E-state index contributed by atoms with van der Waals surface area (Å²) in [4.78, 5) is 12.2. The number of carbonyl (C=O) groups is 1. The van der Waals surface area contributed by atoms with E-state index in [0.717, 1.165) is 46.1 Å². The highest BCUT2D eigenvalue weighted by Gasteiger charge is 2.40. The molecule has 0 aliphatic heterocycles. The van der Waals surface area contributed by atoms with Crippen LogP contribution in [-0.4, -0.2) is 26.1 Å². The number of carboxylic acid groups (broad SMARTS) is 1. The van der Waals surface area contributed by atoms with Crippen LogP contribution in [0.5, 0.6) is 0 Å². The number of hydrogen-bond acceptors (Lipinski definition) is 3. The standard InChI is InChI=1S/C22H24ClN3O2/c1-12-15(8-10-18-20(12)24-25-26(18)4)19(22(2,3)21(27)28)14-6-5-13-7-9-17(23)16(13)11-14/h5-6,8,10-11,17,19H,7,9H2,1-4H3,(H,27,28). The van der Waals surface area contributed by atoms with Gasteiger partial charge in [0.2, 0.25) is 0 Å². The normalized spacial score (nSPS) is 17.7. The second-order valence-corrected chi connectivity index (χ2v) is 8.81. The number of nitrogens with zero attached hydrogens (tertiary/aromatic N) is 3. The minimum Gasteiger partial charge on any atom is -0.481 e. The molecule has 1 N–H and O–H groups in total. The molecule has 0 radical (unpaired) electrons. The van der Waals surface area contributed by atoms with Gasteiger partial charge in [0.15, 0.2) is 0 Å². The van der Waals surface area contributed by atoms with E-state index < -0.39 is 11.4 Å². The van der Waals surface area contributed by atoms with Crippen LogP contribution in [0.25, 0.3) is 11.0 Å². The van der Waals surface area contributed by atoms with Crippen LogP contribution in [-0.2, 0) is 18.3 Å². The average Bonchev–Trinajstić information content (AvgIpc) is 3.21. The summed E-state index contributed by atoms with van der Waals surface area (Å²) in [5.41, 5.74) is 6.03. The van der Waals surface area contributed by atoms with E-state index in [-0.39, 0.29) is 11.3 Å². The zero-order chi connectivity index (χ0) is 20.2. The fourth-order valence-electron chi connectivity index (χ4n) is 4.42. The van der Waals surface area contributed by atoms with E-state index in [0.29, 0.717) is 0 Å². The number of halogens is 1. The van der Waals surface area contributed by atoms with Crippen molar-refractivity contribution in [2.75, 3.05) is 0 Å². The molecule has 28 heavy (non-hydrogen) atoms. The first-order valence-electron chi connectivity index (χ1n) is 9.51. The molecule has 1 heterocycles. The highest BCUT2D eigenvalue weighted by Crippen LogP contribution is 2.46. The van der Waals surface area contributed by atoms with Gasteiger partial charge >= 0.3 is 5.97 Å². The Bertz CT molecular complexity index is 1090. The molecule has 1 aliphatic rings. The molecular formula is C22H24ClN3O2. The van der Waals surface area contributed by atoms with Crippen molar-refractivity contribution < 1.29 is 9.90 Å². The fraction of sp³-hybridized carbons (Fsp3) is 0.409. The van der Waals surface area contributed by atoms with Crippen LogP contribution in [0.4, 0.5) is 0 Å². The number of carboxylic acids is 1. The lowest BCUT2D eigenvalue weighted by molar-refractivity contribution is -0.147. The van der Waals surface area contributed by atoms with Gasteiger partial charge in [-0.05, 0) is 67.5 Å². The van der Waals surface area contributed by atoms with Crippen molar-refractivity contribution in [3.63, 3.8) is 0 Å². The molecule has 0 saturated heterocycles. The highest BCUT2D eigenvalue weighted by atomic mass is 35.5. The van der Waals surface area contributed by atoms with Gasteiger partial charge in [-0.3, -0.25) is 4.79 Å². The van der Waals surface area contributed by atoms with Crippen LogP contribution in [0.2, 0.25) is 0 Å². The van der Waals surface area contributed by atoms with Crippen LogP contribution < -0.4 is 0 Å². The third kappa shape index (κ3) is 2.80. The van der Waals surface area contributed by atoms with Crippen LogP contribution in [0, 0.1) is 12.3 Å².